The Bertz CT molecular complexity index is 2800. The monoisotopic (exact) mass is 930 g/mol. The van der Waals surface area contributed by atoms with Crippen LogP contribution in [0.25, 0.3) is 45.1 Å². The molecular formula is C43H44F6N16O2. The molecule has 0 radical (unpaired) electrons. The first-order valence-electron chi connectivity index (χ1n) is 21.1. The van der Waals surface area contributed by atoms with Crippen molar-refractivity contribution >= 4 is 34.7 Å². The summed E-state index contributed by atoms with van der Waals surface area (Å²) < 4.78 is 84.9. The molecule has 4 amide bonds. The molecule has 18 nitrogen and oxygen atoms in total. The van der Waals surface area contributed by atoms with E-state index in [0.717, 1.165) is 42.3 Å². The molecule has 0 bridgehead atoms. The van der Waals surface area contributed by atoms with Crippen LogP contribution in [0.4, 0.5) is 47.4 Å². The number of carbonyl (C=O) groups is 2. The van der Waals surface area contributed by atoms with Crippen molar-refractivity contribution in [3.05, 3.63) is 103 Å². The number of carbonyl (C=O) groups excluding carboxylic acids is 2. The average Bonchev–Trinajstić information content (AvgIpc) is 4.08. The minimum Gasteiger partial charge on any atom is -0.395 e. The fourth-order valence-electron chi connectivity index (χ4n) is 7.11. The van der Waals surface area contributed by atoms with Crippen LogP contribution in [0.3, 0.4) is 0 Å². The number of nitrogen functional groups attached to an aromatic ring is 2. The van der Waals surface area contributed by atoms with Gasteiger partial charge < -0.3 is 37.7 Å². The molecule has 24 heteroatoms. The second-order valence-corrected chi connectivity index (χ2v) is 16.0. The number of amides is 4. The Morgan fingerprint density at radius 2 is 1.15 bits per heavy atom. The van der Waals surface area contributed by atoms with Gasteiger partial charge in [-0.2, -0.15) is 36.5 Å². The van der Waals surface area contributed by atoms with Gasteiger partial charge in [-0.05, 0) is 73.9 Å². The zero-order valence-electron chi connectivity index (χ0n) is 35.4. The molecule has 350 valence electrons. The van der Waals surface area contributed by atoms with E-state index in [0.29, 0.717) is 34.1 Å². The van der Waals surface area contributed by atoms with E-state index in [2.05, 4.69) is 61.4 Å². The second-order valence-electron chi connectivity index (χ2n) is 16.0. The van der Waals surface area contributed by atoms with Gasteiger partial charge in [0.05, 0.1) is 41.8 Å². The van der Waals surface area contributed by atoms with Crippen LogP contribution in [-0.2, 0) is 0 Å². The molecule has 2 saturated carbocycles. The summed E-state index contributed by atoms with van der Waals surface area (Å²) in [6.45, 7) is -0.204. The summed E-state index contributed by atoms with van der Waals surface area (Å²) in [6, 6.07) is 8.63. The Balaban J connectivity index is 0.000000182. The SMILES string of the molecule is Nc1nccc(-c2cnn(-c3ccc(C(CCNC(=O)NC4CC4)C(F)(F)F)cn3)c2)c1N.O=C(NCCC(c1ccc(-n2cc(-c3ccnc4nc[nH]c34)cn2)nc1)C(F)(F)F)NC1CC1. The molecule has 2 fully saturated rings. The van der Waals surface area contributed by atoms with Crippen molar-refractivity contribution < 1.29 is 35.9 Å². The Morgan fingerprint density at radius 3 is 1.63 bits per heavy atom. The lowest BCUT2D eigenvalue weighted by Gasteiger charge is -2.21. The minimum atomic E-state index is -4.48. The van der Waals surface area contributed by atoms with Gasteiger partial charge in [0.1, 0.15) is 5.82 Å². The zero-order chi connectivity index (χ0) is 47.3. The van der Waals surface area contributed by atoms with Crippen LogP contribution in [-0.4, -0.2) is 99.1 Å². The maximum atomic E-state index is 13.7. The van der Waals surface area contributed by atoms with Crippen LogP contribution >= 0.6 is 0 Å². The molecular weight excluding hydrogens is 887 g/mol. The number of anilines is 2. The molecule has 0 aliphatic heterocycles. The van der Waals surface area contributed by atoms with Crippen molar-refractivity contribution in [2.45, 2.75) is 74.8 Å². The quantitative estimate of drug-likeness (QED) is 0.0566. The van der Waals surface area contributed by atoms with E-state index in [1.54, 1.807) is 43.4 Å². The first kappa shape index (κ1) is 45.8. The van der Waals surface area contributed by atoms with Gasteiger partial charge in [0.15, 0.2) is 17.3 Å². The van der Waals surface area contributed by atoms with E-state index in [-0.39, 0.29) is 55.0 Å². The normalized spacial score (nSPS) is 14.7. The number of fused-ring (bicyclic) bond motifs is 1. The van der Waals surface area contributed by atoms with Gasteiger partial charge in [-0.15, -0.1) is 0 Å². The molecule has 2 unspecified atom stereocenters. The van der Waals surface area contributed by atoms with Crippen LogP contribution in [0.2, 0.25) is 0 Å². The van der Waals surface area contributed by atoms with Gasteiger partial charge >= 0.3 is 24.4 Å². The molecule has 7 heterocycles. The van der Waals surface area contributed by atoms with E-state index in [1.165, 1.54) is 52.2 Å². The minimum absolute atomic E-state index is 0.00850. The highest BCUT2D eigenvalue weighted by atomic mass is 19.4. The maximum absolute atomic E-state index is 13.7. The number of aromatic amines is 1. The molecule has 67 heavy (non-hydrogen) atoms. The van der Waals surface area contributed by atoms with E-state index in [4.69, 9.17) is 11.5 Å². The number of nitrogens with one attached hydrogen (secondary N) is 5. The van der Waals surface area contributed by atoms with E-state index in [9.17, 15) is 35.9 Å². The Morgan fingerprint density at radius 1 is 0.657 bits per heavy atom. The standard InChI is InChI=1S/C22H21F3N8O.C21H23F3N8O/c23-22(24,25)17(6-8-27-21(34)32-15-2-3-15)13-1-4-18(28-9-13)33-11-14(10-31-33)16-5-7-26-20-19(16)29-12-30-20;22-21(23,24)16(6-8-28-20(33)31-14-2-3-14)12-1-4-17(29-9-12)32-11-13(10-30-32)15-5-7-27-19(26)18(15)25/h1,4-5,7,9-12,15,17H,2-3,6,8H2,(H,26,29,30)(H2,27,32,34);1,4-5,7,9-11,14,16H,2-3,6,8,25H2,(H2,26,27)(H2,28,31,33). The summed E-state index contributed by atoms with van der Waals surface area (Å²) in [5, 5.41) is 18.9. The summed E-state index contributed by atoms with van der Waals surface area (Å²) in [7, 11) is 0. The molecule has 9 rings (SSSR count). The van der Waals surface area contributed by atoms with Crippen molar-refractivity contribution in [2.75, 3.05) is 24.6 Å². The Hall–Kier alpha value is -7.79. The lowest BCUT2D eigenvalue weighted by Crippen LogP contribution is -2.38. The maximum Gasteiger partial charge on any atom is 0.395 e. The fraction of sp³-hybridized carbons (Fsp3) is 0.326. The number of nitrogens with zero attached hydrogens (tertiary/aromatic N) is 9. The van der Waals surface area contributed by atoms with Crippen LogP contribution in [0.15, 0.2) is 92.3 Å². The smallest absolute Gasteiger partial charge is 0.395 e. The number of hydrogen-bond acceptors (Lipinski definition) is 11. The third-order valence-corrected chi connectivity index (χ3v) is 11.0. The van der Waals surface area contributed by atoms with Gasteiger partial charge in [-0.1, -0.05) is 12.1 Å². The molecule has 0 saturated heterocycles. The molecule has 2 atom stereocenters. The van der Waals surface area contributed by atoms with Crippen LogP contribution in [0.5, 0.6) is 0 Å². The molecule has 0 spiro atoms. The van der Waals surface area contributed by atoms with Crippen molar-refractivity contribution in [1.29, 1.82) is 0 Å². The molecule has 7 aromatic rings. The van der Waals surface area contributed by atoms with Gasteiger partial charge in [0.25, 0.3) is 0 Å². The summed E-state index contributed by atoms with van der Waals surface area (Å²) >= 11 is 0. The Labute approximate surface area is 377 Å². The predicted octanol–water partition coefficient (Wildman–Crippen LogP) is 6.69. The predicted molar refractivity (Wildman–Crippen MR) is 234 cm³/mol. The largest absolute Gasteiger partial charge is 0.395 e. The Kier molecular flexibility index (Phi) is 13.2. The van der Waals surface area contributed by atoms with Gasteiger partial charge in [-0.3, -0.25) is 0 Å². The zero-order valence-corrected chi connectivity index (χ0v) is 35.4. The third kappa shape index (κ3) is 11.5. The van der Waals surface area contributed by atoms with Crippen LogP contribution < -0.4 is 32.7 Å². The molecule has 2 aliphatic carbocycles. The van der Waals surface area contributed by atoms with Crippen molar-refractivity contribution in [3.63, 3.8) is 0 Å². The van der Waals surface area contributed by atoms with Crippen molar-refractivity contribution in [2.24, 2.45) is 0 Å². The van der Waals surface area contributed by atoms with Gasteiger partial charge in [-0.25, -0.2) is 43.9 Å². The number of hydrogen-bond donors (Lipinski definition) is 7. The van der Waals surface area contributed by atoms with Crippen LogP contribution in [0, 0.1) is 0 Å². The topological polar surface area (TPSA) is 250 Å². The average molecular weight is 931 g/mol. The van der Waals surface area contributed by atoms with Gasteiger partial charge in [0.2, 0.25) is 0 Å². The lowest BCUT2D eigenvalue weighted by atomic mass is 9.96. The van der Waals surface area contributed by atoms with E-state index < -0.39 is 36.3 Å². The highest BCUT2D eigenvalue weighted by Crippen LogP contribution is 2.39. The lowest BCUT2D eigenvalue weighted by molar-refractivity contribution is -0.152. The van der Waals surface area contributed by atoms with Gasteiger partial charge in [0, 0.05) is 84.6 Å². The van der Waals surface area contributed by atoms with Crippen LogP contribution in [0.1, 0.15) is 61.5 Å². The number of alkyl halides is 6. The summed E-state index contributed by atoms with van der Waals surface area (Å²) in [4.78, 5) is 47.0. The number of rotatable bonds is 14. The molecule has 7 aromatic heterocycles. The highest BCUT2D eigenvalue weighted by Gasteiger charge is 2.41. The first-order valence-corrected chi connectivity index (χ1v) is 21.1. The third-order valence-electron chi connectivity index (χ3n) is 11.0. The number of H-pyrrole nitrogens is 1. The summed E-state index contributed by atoms with van der Waals surface area (Å²) in [6.07, 6.45) is 7.78. The number of urea groups is 2. The fourth-order valence-corrected chi connectivity index (χ4v) is 7.11. The van der Waals surface area contributed by atoms with E-state index in [1.807, 2.05) is 6.07 Å². The number of nitrogens with two attached hydrogens (primary N) is 2. The van der Waals surface area contributed by atoms with E-state index >= 15 is 0 Å². The summed E-state index contributed by atoms with van der Waals surface area (Å²) in [5.74, 6) is -2.58. The number of aromatic nitrogens is 10. The molecule has 0 aromatic carbocycles. The van der Waals surface area contributed by atoms with Crippen molar-refractivity contribution in [3.8, 4) is 33.9 Å². The molecule has 9 N–H and O–H groups in total. The van der Waals surface area contributed by atoms with Crippen molar-refractivity contribution in [1.82, 2.24) is 70.7 Å². The second kappa shape index (κ2) is 19.4. The number of imidazole rings is 1. The summed E-state index contributed by atoms with van der Waals surface area (Å²) in [5.41, 5.74) is 16.3. The number of pyridine rings is 4. The number of halogens is 6. The first-order chi connectivity index (χ1) is 32.1. The molecule has 2 aliphatic rings. The highest BCUT2D eigenvalue weighted by molar-refractivity contribution is 5.89.